The third-order valence-corrected chi connectivity index (χ3v) is 5.66. The van der Waals surface area contributed by atoms with E-state index in [0.717, 1.165) is 13.0 Å². The van der Waals surface area contributed by atoms with Crippen molar-refractivity contribution in [2.24, 2.45) is 0 Å². The van der Waals surface area contributed by atoms with Crippen molar-refractivity contribution in [3.8, 4) is 0 Å². The highest BCUT2D eigenvalue weighted by molar-refractivity contribution is 7.51. The van der Waals surface area contributed by atoms with Gasteiger partial charge in [-0.15, -0.1) is 0 Å². The largest absolute Gasteiger partial charge is 0.309 e. The van der Waals surface area contributed by atoms with Gasteiger partial charge in [0.15, 0.2) is 8.37 Å². The van der Waals surface area contributed by atoms with Crippen molar-refractivity contribution in [3.63, 3.8) is 0 Å². The number of hydrogen-bond acceptors (Lipinski definition) is 3. The van der Waals surface area contributed by atoms with E-state index >= 15 is 0 Å². The summed E-state index contributed by atoms with van der Waals surface area (Å²) in [7, 11) is 12.4. The molecular formula is C16H27N4P. The Morgan fingerprint density at radius 3 is 2.14 bits per heavy atom. The first-order valence-electron chi connectivity index (χ1n) is 7.30. The van der Waals surface area contributed by atoms with Gasteiger partial charge in [-0.25, -0.2) is 0 Å². The van der Waals surface area contributed by atoms with Crippen LogP contribution in [0.3, 0.4) is 0 Å². The predicted molar refractivity (Wildman–Crippen MR) is 93.9 cm³/mol. The molecule has 4 nitrogen and oxygen atoms in total. The van der Waals surface area contributed by atoms with Crippen LogP contribution >= 0.6 is 8.37 Å². The summed E-state index contributed by atoms with van der Waals surface area (Å²) in [5.41, 5.74) is 2.77. The number of aromatic nitrogens is 1. The van der Waals surface area contributed by atoms with Crippen LogP contribution in [0.2, 0.25) is 0 Å². The molecule has 0 spiro atoms. The van der Waals surface area contributed by atoms with Crippen molar-refractivity contribution in [1.82, 2.24) is 18.6 Å². The second-order valence-electron chi connectivity index (χ2n) is 6.03. The molecule has 21 heavy (non-hydrogen) atoms. The normalized spacial score (nSPS) is 12.5. The van der Waals surface area contributed by atoms with E-state index in [9.17, 15) is 0 Å². The molecular weight excluding hydrogens is 279 g/mol. The minimum atomic E-state index is -0.509. The van der Waals surface area contributed by atoms with Crippen LogP contribution in [0.1, 0.15) is 5.56 Å². The standard InChI is InChI=1S/C16H27N4P/c1-17(2)12-11-14-13-20(21(18(3)4)19(5)6)16-10-8-7-9-15(14)16/h7-10,13H,11-12H2,1-6H3. The maximum absolute atomic E-state index is 2.44. The number of likely N-dealkylation sites (N-methyl/N-ethyl adjacent to an activating group) is 1. The minimum Gasteiger partial charge on any atom is -0.309 e. The highest BCUT2D eigenvalue weighted by Gasteiger charge is 2.20. The summed E-state index contributed by atoms with van der Waals surface area (Å²) in [5, 5.41) is 1.38. The fourth-order valence-electron chi connectivity index (χ4n) is 2.67. The lowest BCUT2D eigenvalue weighted by Gasteiger charge is -2.31. The first-order chi connectivity index (χ1) is 9.91. The van der Waals surface area contributed by atoms with Gasteiger partial charge in [-0.3, -0.25) is 9.34 Å². The van der Waals surface area contributed by atoms with Crippen LogP contribution in [-0.2, 0) is 6.42 Å². The van der Waals surface area contributed by atoms with Gasteiger partial charge in [0.05, 0.1) is 5.52 Å². The SMILES string of the molecule is CN(C)CCc1cn(P(N(C)C)N(C)C)c2ccccc12. The summed E-state index contributed by atoms with van der Waals surface area (Å²) in [6, 6.07) is 8.75. The van der Waals surface area contributed by atoms with Crippen molar-refractivity contribution in [3.05, 3.63) is 36.0 Å². The monoisotopic (exact) mass is 306 g/mol. The Kier molecular flexibility index (Phi) is 5.39. The average Bonchev–Trinajstić information content (AvgIpc) is 2.75. The summed E-state index contributed by atoms with van der Waals surface area (Å²) in [5.74, 6) is 0. The van der Waals surface area contributed by atoms with Gasteiger partial charge in [0.25, 0.3) is 0 Å². The lowest BCUT2D eigenvalue weighted by atomic mass is 10.1. The third-order valence-electron chi connectivity index (χ3n) is 3.51. The van der Waals surface area contributed by atoms with Crippen LogP contribution in [0.25, 0.3) is 10.9 Å². The first kappa shape index (κ1) is 16.4. The van der Waals surface area contributed by atoms with Crippen LogP contribution in [0.15, 0.2) is 30.5 Å². The highest BCUT2D eigenvalue weighted by atomic mass is 31.2. The fourth-order valence-corrected chi connectivity index (χ4v) is 4.76. The van der Waals surface area contributed by atoms with Crippen LogP contribution in [0.5, 0.6) is 0 Å². The first-order valence-corrected chi connectivity index (χ1v) is 8.50. The van der Waals surface area contributed by atoms with Crippen molar-refractivity contribution < 1.29 is 0 Å². The van der Waals surface area contributed by atoms with E-state index in [0.29, 0.717) is 0 Å². The Morgan fingerprint density at radius 1 is 0.952 bits per heavy atom. The van der Waals surface area contributed by atoms with Crippen LogP contribution in [-0.4, -0.2) is 67.4 Å². The summed E-state index contributed by atoms with van der Waals surface area (Å²) in [6.07, 6.45) is 3.43. The van der Waals surface area contributed by atoms with Gasteiger partial charge < -0.3 is 9.24 Å². The molecule has 0 aliphatic heterocycles. The fraction of sp³-hybridized carbons (Fsp3) is 0.500. The Balaban J connectivity index is 2.48. The molecule has 0 aliphatic rings. The second-order valence-corrected chi connectivity index (χ2v) is 8.60. The summed E-state index contributed by atoms with van der Waals surface area (Å²) in [6.45, 7) is 1.08. The second kappa shape index (κ2) is 6.89. The molecule has 0 bridgehead atoms. The van der Waals surface area contributed by atoms with Gasteiger partial charge >= 0.3 is 0 Å². The van der Waals surface area contributed by atoms with Gasteiger partial charge in [0.2, 0.25) is 0 Å². The van der Waals surface area contributed by atoms with Crippen molar-refractivity contribution >= 4 is 19.3 Å². The number of benzene rings is 1. The molecule has 0 saturated carbocycles. The zero-order valence-electron chi connectivity index (χ0n) is 14.0. The molecule has 1 heterocycles. The van der Waals surface area contributed by atoms with Gasteiger partial charge in [0, 0.05) is 18.1 Å². The molecule has 0 N–H and O–H groups in total. The molecule has 0 saturated heterocycles. The molecule has 2 aromatic rings. The number of para-hydroxylation sites is 1. The molecule has 116 valence electrons. The van der Waals surface area contributed by atoms with Crippen LogP contribution in [0.4, 0.5) is 0 Å². The molecule has 0 fully saturated rings. The minimum absolute atomic E-state index is 0.509. The molecule has 1 aromatic carbocycles. The summed E-state index contributed by atoms with van der Waals surface area (Å²) >= 11 is 0. The zero-order chi connectivity index (χ0) is 15.6. The molecule has 1 aromatic heterocycles. The number of nitrogens with zero attached hydrogens (tertiary/aromatic N) is 4. The number of rotatable bonds is 6. The quantitative estimate of drug-likeness (QED) is 0.763. The maximum Gasteiger partial charge on any atom is 0.152 e. The van der Waals surface area contributed by atoms with E-state index in [1.807, 2.05) is 0 Å². The van der Waals surface area contributed by atoms with Crippen molar-refractivity contribution in [1.29, 1.82) is 0 Å². The zero-order valence-corrected chi connectivity index (χ0v) is 14.9. The van der Waals surface area contributed by atoms with Gasteiger partial charge in [-0.05, 0) is 60.3 Å². The van der Waals surface area contributed by atoms with Crippen LogP contribution < -0.4 is 0 Å². The Bertz CT molecular complexity index is 581. The summed E-state index contributed by atoms with van der Waals surface area (Å²) in [4.78, 5) is 2.24. The average molecular weight is 306 g/mol. The lowest BCUT2D eigenvalue weighted by molar-refractivity contribution is 0.414. The van der Waals surface area contributed by atoms with Crippen molar-refractivity contribution in [2.45, 2.75) is 6.42 Å². The molecule has 0 radical (unpaired) electrons. The molecule has 0 amide bonds. The van der Waals surface area contributed by atoms with Gasteiger partial charge in [-0.2, -0.15) is 0 Å². The Labute approximate surface area is 129 Å². The Morgan fingerprint density at radius 2 is 1.57 bits per heavy atom. The predicted octanol–water partition coefficient (Wildman–Crippen LogP) is 2.94. The van der Waals surface area contributed by atoms with E-state index in [-0.39, 0.29) is 0 Å². The van der Waals surface area contributed by atoms with Crippen molar-refractivity contribution in [2.75, 3.05) is 48.8 Å². The van der Waals surface area contributed by atoms with E-state index < -0.39 is 8.37 Å². The van der Waals surface area contributed by atoms with E-state index in [1.54, 1.807) is 0 Å². The van der Waals surface area contributed by atoms with Gasteiger partial charge in [-0.1, -0.05) is 18.2 Å². The number of hydrogen-bond donors (Lipinski definition) is 0. The highest BCUT2D eigenvalue weighted by Crippen LogP contribution is 2.45. The molecule has 2 rings (SSSR count). The number of fused-ring (bicyclic) bond motifs is 1. The summed E-state index contributed by atoms with van der Waals surface area (Å²) < 4.78 is 7.05. The smallest absolute Gasteiger partial charge is 0.152 e. The third kappa shape index (κ3) is 3.64. The van der Waals surface area contributed by atoms with Gasteiger partial charge in [0.1, 0.15) is 0 Å². The molecule has 0 atom stereocenters. The Hall–Kier alpha value is -0.930. The maximum atomic E-state index is 2.44. The van der Waals surface area contributed by atoms with E-state index in [4.69, 9.17) is 0 Å². The van der Waals surface area contributed by atoms with E-state index in [2.05, 4.69) is 91.3 Å². The van der Waals surface area contributed by atoms with E-state index in [1.165, 1.54) is 16.5 Å². The molecule has 0 unspecified atom stereocenters. The topological polar surface area (TPSA) is 14.7 Å². The molecule has 0 aliphatic carbocycles. The lowest BCUT2D eigenvalue weighted by Crippen LogP contribution is -2.21. The van der Waals surface area contributed by atoms with Crippen LogP contribution in [0, 0.1) is 0 Å². The molecule has 5 heteroatoms.